The van der Waals surface area contributed by atoms with Gasteiger partial charge in [0.2, 0.25) is 10.0 Å². The number of ether oxygens (including phenoxy) is 2. The maximum atomic E-state index is 11.7. The van der Waals surface area contributed by atoms with Crippen LogP contribution < -0.4 is 0 Å². The van der Waals surface area contributed by atoms with Crippen LogP contribution in [-0.2, 0) is 30.9 Å². The Morgan fingerprint density at radius 2 is 2.07 bits per heavy atom. The van der Waals surface area contributed by atoms with E-state index >= 15 is 0 Å². The molecule has 0 spiro atoms. The van der Waals surface area contributed by atoms with Gasteiger partial charge >= 0.3 is 12.1 Å². The normalized spacial score (nSPS) is 25.0. The van der Waals surface area contributed by atoms with Gasteiger partial charge in [-0.15, -0.1) is 0 Å². The Kier molecular flexibility index (Phi) is 7.97. The fourth-order valence-electron chi connectivity index (χ4n) is 3.28. The number of alkyl halides is 3. The van der Waals surface area contributed by atoms with Crippen molar-refractivity contribution in [2.24, 2.45) is 0 Å². The minimum absolute atomic E-state index is 0.00423. The molecule has 0 amide bonds. The van der Waals surface area contributed by atoms with Crippen molar-refractivity contribution in [2.45, 2.75) is 50.3 Å². The van der Waals surface area contributed by atoms with Crippen LogP contribution >= 0.6 is 0 Å². The minimum Gasteiger partial charge on any atom is -0.475 e. The predicted molar refractivity (Wildman–Crippen MR) is 95.4 cm³/mol. The Bertz CT molecular complexity index is 775. The number of sulfonamides is 1. The van der Waals surface area contributed by atoms with Crippen LogP contribution in [0.15, 0.2) is 24.5 Å². The molecular weight excluding hydrogens is 417 g/mol. The first-order chi connectivity index (χ1) is 13.5. The molecule has 29 heavy (non-hydrogen) atoms. The lowest BCUT2D eigenvalue weighted by molar-refractivity contribution is -0.192. The van der Waals surface area contributed by atoms with Gasteiger partial charge in [0, 0.05) is 18.9 Å². The molecule has 164 valence electrons. The predicted octanol–water partition coefficient (Wildman–Crippen LogP) is 1.81. The molecule has 2 saturated heterocycles. The maximum Gasteiger partial charge on any atom is 0.490 e. The highest BCUT2D eigenvalue weighted by molar-refractivity contribution is 7.88. The number of fused-ring (bicyclic) bond motifs is 1. The van der Waals surface area contributed by atoms with Crippen LogP contribution in [0.25, 0.3) is 0 Å². The second-order valence-electron chi connectivity index (χ2n) is 6.78. The van der Waals surface area contributed by atoms with Gasteiger partial charge in [0.1, 0.15) is 0 Å². The third-order valence-electron chi connectivity index (χ3n) is 4.55. The third kappa shape index (κ3) is 7.21. The smallest absolute Gasteiger partial charge is 0.475 e. The molecule has 8 nitrogen and oxygen atoms in total. The van der Waals surface area contributed by atoms with Crippen LogP contribution in [0.5, 0.6) is 0 Å². The second kappa shape index (κ2) is 9.83. The van der Waals surface area contributed by atoms with E-state index in [2.05, 4.69) is 4.98 Å². The van der Waals surface area contributed by atoms with Crippen molar-refractivity contribution in [2.75, 3.05) is 19.4 Å². The summed E-state index contributed by atoms with van der Waals surface area (Å²) in [4.78, 5) is 12.9. The molecule has 2 aliphatic heterocycles. The Labute approximate surface area is 166 Å². The summed E-state index contributed by atoms with van der Waals surface area (Å²) >= 11 is 0. The number of carbonyl (C=O) groups is 1. The first kappa shape index (κ1) is 23.5. The lowest BCUT2D eigenvalue weighted by atomic mass is 10.0. The lowest BCUT2D eigenvalue weighted by Gasteiger charge is -2.35. The van der Waals surface area contributed by atoms with E-state index in [1.54, 1.807) is 16.7 Å². The molecule has 0 aromatic carbocycles. The van der Waals surface area contributed by atoms with Crippen LogP contribution in [0.3, 0.4) is 0 Å². The van der Waals surface area contributed by atoms with Crippen LogP contribution in [-0.4, -0.2) is 72.6 Å². The largest absolute Gasteiger partial charge is 0.490 e. The average molecular weight is 440 g/mol. The monoisotopic (exact) mass is 440 g/mol. The summed E-state index contributed by atoms with van der Waals surface area (Å²) in [5.74, 6) is -2.76. The van der Waals surface area contributed by atoms with Crippen molar-refractivity contribution in [3.8, 4) is 0 Å². The molecule has 1 aromatic heterocycles. The van der Waals surface area contributed by atoms with Crippen molar-refractivity contribution in [1.82, 2.24) is 9.29 Å². The summed E-state index contributed by atoms with van der Waals surface area (Å²) in [6.07, 6.45) is 2.24. The molecule has 0 bridgehead atoms. The summed E-state index contributed by atoms with van der Waals surface area (Å²) < 4.78 is 68.5. The molecule has 2 fully saturated rings. The van der Waals surface area contributed by atoms with E-state index in [1.807, 2.05) is 12.1 Å². The zero-order valence-electron chi connectivity index (χ0n) is 15.7. The fraction of sp³-hybridized carbons (Fsp3) is 0.647. The zero-order chi connectivity index (χ0) is 21.7. The van der Waals surface area contributed by atoms with Crippen molar-refractivity contribution in [3.63, 3.8) is 0 Å². The first-order valence-electron chi connectivity index (χ1n) is 8.87. The van der Waals surface area contributed by atoms with Gasteiger partial charge in [0.25, 0.3) is 0 Å². The van der Waals surface area contributed by atoms with E-state index in [1.165, 1.54) is 6.26 Å². The highest BCUT2D eigenvalue weighted by Gasteiger charge is 2.43. The van der Waals surface area contributed by atoms with Crippen molar-refractivity contribution < 1.29 is 41.0 Å². The van der Waals surface area contributed by atoms with Gasteiger partial charge in [-0.2, -0.15) is 17.5 Å². The Balaban J connectivity index is 0.000000370. The number of halogens is 3. The summed E-state index contributed by atoms with van der Waals surface area (Å²) in [6.45, 7) is 1.63. The zero-order valence-corrected chi connectivity index (χ0v) is 16.5. The van der Waals surface area contributed by atoms with Crippen LogP contribution in [0.2, 0.25) is 0 Å². The molecule has 12 heteroatoms. The number of carboxylic acid groups (broad SMARTS) is 1. The summed E-state index contributed by atoms with van der Waals surface area (Å²) in [5, 5.41) is 7.12. The van der Waals surface area contributed by atoms with E-state index in [9.17, 15) is 21.6 Å². The average Bonchev–Trinajstić information content (AvgIpc) is 3.06. The summed E-state index contributed by atoms with van der Waals surface area (Å²) in [5.41, 5.74) is 1.04. The second-order valence-corrected chi connectivity index (χ2v) is 8.72. The molecule has 3 heterocycles. The number of carboxylic acids is 1. The van der Waals surface area contributed by atoms with Gasteiger partial charge in [-0.25, -0.2) is 13.2 Å². The van der Waals surface area contributed by atoms with Crippen LogP contribution in [0.1, 0.15) is 24.8 Å². The number of rotatable bonds is 5. The van der Waals surface area contributed by atoms with E-state index in [0.29, 0.717) is 19.8 Å². The fourth-order valence-corrected chi connectivity index (χ4v) is 4.45. The van der Waals surface area contributed by atoms with Gasteiger partial charge in [-0.05, 0) is 30.9 Å². The van der Waals surface area contributed by atoms with E-state index in [0.717, 1.165) is 24.8 Å². The van der Waals surface area contributed by atoms with Crippen molar-refractivity contribution in [3.05, 3.63) is 30.1 Å². The van der Waals surface area contributed by atoms with Crippen molar-refractivity contribution in [1.29, 1.82) is 0 Å². The molecule has 3 atom stereocenters. The van der Waals surface area contributed by atoms with Gasteiger partial charge in [-0.3, -0.25) is 4.98 Å². The van der Waals surface area contributed by atoms with E-state index < -0.39 is 22.2 Å². The minimum atomic E-state index is -5.08. The van der Waals surface area contributed by atoms with Gasteiger partial charge in [0.05, 0.1) is 37.7 Å². The van der Waals surface area contributed by atoms with E-state index in [-0.39, 0.29) is 18.2 Å². The third-order valence-corrected chi connectivity index (χ3v) is 5.85. The molecule has 3 rings (SSSR count). The first-order valence-corrected chi connectivity index (χ1v) is 10.7. The molecule has 0 saturated carbocycles. The summed E-state index contributed by atoms with van der Waals surface area (Å²) in [7, 11) is -3.13. The van der Waals surface area contributed by atoms with E-state index in [4.69, 9.17) is 19.4 Å². The quantitative estimate of drug-likeness (QED) is 0.744. The number of aromatic nitrogens is 1. The highest BCUT2D eigenvalue weighted by Crippen LogP contribution is 2.33. The Morgan fingerprint density at radius 1 is 1.38 bits per heavy atom. The molecule has 0 aliphatic carbocycles. The molecule has 1 N–H and O–H groups in total. The topological polar surface area (TPSA) is 106 Å². The lowest BCUT2D eigenvalue weighted by Crippen LogP contribution is -2.45. The molecule has 0 radical (unpaired) electrons. The molecule has 2 aliphatic rings. The number of nitrogens with zero attached hydrogens (tertiary/aromatic N) is 2. The van der Waals surface area contributed by atoms with Crippen molar-refractivity contribution >= 4 is 16.0 Å². The Hall–Kier alpha value is -1.76. The van der Waals surface area contributed by atoms with Gasteiger partial charge in [0.15, 0.2) is 0 Å². The number of aliphatic carboxylic acids is 1. The molecular formula is C17H23F3N2O6S. The van der Waals surface area contributed by atoms with Gasteiger partial charge in [-0.1, -0.05) is 6.07 Å². The van der Waals surface area contributed by atoms with Crippen LogP contribution in [0, 0.1) is 0 Å². The number of pyridine rings is 1. The maximum absolute atomic E-state index is 11.7. The highest BCUT2D eigenvalue weighted by atomic mass is 32.2. The standard InChI is InChI=1S/C15H22N2O4S.C2HF3O2/c1-22(18,19)17-8-6-15-14(17)5-4-13(21-15)11-20-10-12-3-2-7-16-9-12;3-2(4,5)1(6)7/h2-3,7,9,13-15H,4-6,8,10-11H2,1H3;(H,6,7)/t13-,14+,15+;/m1./s1. The summed E-state index contributed by atoms with van der Waals surface area (Å²) in [6, 6.07) is 3.87. The number of hydrogen-bond acceptors (Lipinski definition) is 6. The Morgan fingerprint density at radius 3 is 2.62 bits per heavy atom. The molecule has 0 unspecified atom stereocenters. The number of hydrogen-bond donors (Lipinski definition) is 1. The molecule has 1 aromatic rings. The SMILES string of the molecule is CS(=O)(=O)N1CC[C@@H]2O[C@@H](COCc3cccnc3)CC[C@@H]21.O=C(O)C(F)(F)F. The van der Waals surface area contributed by atoms with Gasteiger partial charge < -0.3 is 14.6 Å². The van der Waals surface area contributed by atoms with Crippen LogP contribution in [0.4, 0.5) is 13.2 Å².